The number of H-pyrrole nitrogens is 1. The highest BCUT2D eigenvalue weighted by Crippen LogP contribution is 2.32. The summed E-state index contributed by atoms with van der Waals surface area (Å²) in [6, 6.07) is 6.63. The number of ether oxygens (including phenoxy) is 2. The lowest BCUT2D eigenvalue weighted by molar-refractivity contribution is -0.158. The van der Waals surface area contributed by atoms with E-state index in [1.807, 2.05) is 17.4 Å². The largest absolute Gasteiger partial charge is 0.493 e. The predicted molar refractivity (Wildman–Crippen MR) is 126 cm³/mol. The molecule has 190 valence electrons. The van der Waals surface area contributed by atoms with E-state index in [2.05, 4.69) is 20.3 Å². The van der Waals surface area contributed by atoms with Gasteiger partial charge in [0.15, 0.2) is 23.9 Å². The Balaban J connectivity index is 1.48. The van der Waals surface area contributed by atoms with Gasteiger partial charge in [-0.1, -0.05) is 17.7 Å². The van der Waals surface area contributed by atoms with E-state index in [0.29, 0.717) is 28.7 Å². The third kappa shape index (κ3) is 5.38. The van der Waals surface area contributed by atoms with Gasteiger partial charge >= 0.3 is 6.18 Å². The summed E-state index contributed by atoms with van der Waals surface area (Å²) in [5.74, 6) is 0.646. The van der Waals surface area contributed by atoms with Gasteiger partial charge in [-0.3, -0.25) is 14.6 Å². The van der Waals surface area contributed by atoms with Crippen molar-refractivity contribution in [3.05, 3.63) is 52.9 Å². The minimum atomic E-state index is -4.54. The molecule has 1 atom stereocenters. The van der Waals surface area contributed by atoms with Crippen LogP contribution in [-0.4, -0.2) is 56.8 Å². The minimum Gasteiger partial charge on any atom is -0.493 e. The maximum absolute atomic E-state index is 12.6. The molecule has 0 aliphatic heterocycles. The van der Waals surface area contributed by atoms with Crippen LogP contribution in [0, 0.1) is 0 Å². The number of hydrogen-bond donors (Lipinski definition) is 2. The lowest BCUT2D eigenvalue weighted by Gasteiger charge is -2.17. The molecule has 0 saturated heterocycles. The first-order valence-electron chi connectivity index (χ1n) is 10.7. The molecule has 36 heavy (non-hydrogen) atoms. The fourth-order valence-electron chi connectivity index (χ4n) is 3.46. The second-order valence-electron chi connectivity index (χ2n) is 8.01. The van der Waals surface area contributed by atoms with Crippen molar-refractivity contribution in [2.45, 2.75) is 25.6 Å². The molecule has 0 radical (unpaired) electrons. The van der Waals surface area contributed by atoms with Gasteiger partial charge in [0.25, 0.3) is 5.91 Å². The Morgan fingerprint density at radius 3 is 2.75 bits per heavy atom. The van der Waals surface area contributed by atoms with Gasteiger partial charge < -0.3 is 14.8 Å². The fraction of sp³-hybridized carbons (Fsp3) is 0.304. The van der Waals surface area contributed by atoms with Crippen molar-refractivity contribution >= 4 is 28.4 Å². The zero-order chi connectivity index (χ0) is 26.0. The molecule has 0 saturated carbocycles. The first kappa shape index (κ1) is 25.3. The Morgan fingerprint density at radius 2 is 2.03 bits per heavy atom. The van der Waals surface area contributed by atoms with Crippen LogP contribution in [0.3, 0.4) is 0 Å². The molecule has 0 unspecified atom stereocenters. The van der Waals surface area contributed by atoms with E-state index in [0.717, 1.165) is 23.4 Å². The van der Waals surface area contributed by atoms with E-state index in [1.54, 1.807) is 30.1 Å². The van der Waals surface area contributed by atoms with Crippen LogP contribution in [0.5, 0.6) is 11.5 Å². The number of methoxy groups -OCH3 is 1. The van der Waals surface area contributed by atoms with Crippen LogP contribution in [0.1, 0.15) is 18.3 Å². The van der Waals surface area contributed by atoms with Crippen LogP contribution in [0.2, 0.25) is 5.02 Å². The lowest BCUT2D eigenvalue weighted by Crippen LogP contribution is -2.44. The van der Waals surface area contributed by atoms with Crippen molar-refractivity contribution in [1.29, 1.82) is 0 Å². The standard InChI is InChI=1S/C23H22ClF3N6O3/c1-12(23(25,26)27)29-20(34)11-36-17-7-5-14(8-18(17)35-3)22-30-19(33(2)32-22)9-13-4-6-16-15(21(13)24)10-28-31-16/h4-8,10,12H,9,11H2,1-3H3,(H,28,31)(H,29,34)/t12-/m0/s1. The number of carbonyl (C=O) groups is 1. The minimum absolute atomic E-state index is 0.187. The van der Waals surface area contributed by atoms with Gasteiger partial charge in [0.05, 0.1) is 23.8 Å². The molecule has 1 amide bonds. The van der Waals surface area contributed by atoms with Crippen LogP contribution in [0.25, 0.3) is 22.3 Å². The number of aromatic nitrogens is 5. The molecule has 4 rings (SSSR count). The Bertz CT molecular complexity index is 1400. The molecule has 0 fully saturated rings. The van der Waals surface area contributed by atoms with Crippen LogP contribution < -0.4 is 14.8 Å². The molecule has 9 nitrogen and oxygen atoms in total. The average Bonchev–Trinajstić information content (AvgIpc) is 3.46. The van der Waals surface area contributed by atoms with Gasteiger partial charge in [-0.05, 0) is 36.8 Å². The van der Waals surface area contributed by atoms with Crippen LogP contribution in [0.4, 0.5) is 13.2 Å². The number of halogens is 4. The maximum Gasteiger partial charge on any atom is 0.408 e. The third-order valence-electron chi connectivity index (χ3n) is 5.49. The number of aryl methyl sites for hydroxylation is 1. The van der Waals surface area contributed by atoms with E-state index in [1.165, 1.54) is 13.2 Å². The normalized spacial score (nSPS) is 12.5. The molecule has 0 aliphatic carbocycles. The van der Waals surface area contributed by atoms with E-state index in [-0.39, 0.29) is 11.5 Å². The molecule has 2 heterocycles. The predicted octanol–water partition coefficient (Wildman–Crippen LogP) is 4.06. The second kappa shape index (κ2) is 10.1. The van der Waals surface area contributed by atoms with Crippen molar-refractivity contribution in [3.8, 4) is 22.9 Å². The highest BCUT2D eigenvalue weighted by atomic mass is 35.5. The molecule has 4 aromatic rings. The Morgan fingerprint density at radius 1 is 1.25 bits per heavy atom. The third-order valence-corrected chi connectivity index (χ3v) is 5.94. The summed E-state index contributed by atoms with van der Waals surface area (Å²) in [5, 5.41) is 14.6. The van der Waals surface area contributed by atoms with Crippen molar-refractivity contribution in [1.82, 2.24) is 30.3 Å². The van der Waals surface area contributed by atoms with Gasteiger partial charge in [0, 0.05) is 24.4 Å². The number of nitrogens with zero attached hydrogens (tertiary/aromatic N) is 4. The van der Waals surface area contributed by atoms with Gasteiger partial charge in [-0.25, -0.2) is 4.98 Å². The number of aromatic amines is 1. The van der Waals surface area contributed by atoms with Crippen LogP contribution in [0.15, 0.2) is 36.5 Å². The summed E-state index contributed by atoms with van der Waals surface area (Å²) < 4.78 is 50.2. The Kier molecular flexibility index (Phi) is 7.07. The fourth-order valence-corrected chi connectivity index (χ4v) is 3.74. The zero-order valence-electron chi connectivity index (χ0n) is 19.5. The molecular weight excluding hydrogens is 501 g/mol. The van der Waals surface area contributed by atoms with Crippen LogP contribution in [-0.2, 0) is 18.3 Å². The average molecular weight is 523 g/mol. The van der Waals surface area contributed by atoms with E-state index in [9.17, 15) is 18.0 Å². The quantitative estimate of drug-likeness (QED) is 0.361. The van der Waals surface area contributed by atoms with Gasteiger partial charge in [-0.2, -0.15) is 23.4 Å². The highest BCUT2D eigenvalue weighted by molar-refractivity contribution is 6.36. The monoisotopic (exact) mass is 522 g/mol. The number of alkyl halides is 3. The van der Waals surface area contributed by atoms with Gasteiger partial charge in [-0.15, -0.1) is 0 Å². The number of fused-ring (bicyclic) bond motifs is 1. The smallest absolute Gasteiger partial charge is 0.408 e. The molecule has 0 spiro atoms. The number of carbonyl (C=O) groups excluding carboxylic acids is 1. The first-order valence-corrected chi connectivity index (χ1v) is 11.1. The molecule has 2 N–H and O–H groups in total. The second-order valence-corrected chi connectivity index (χ2v) is 8.39. The number of rotatable bonds is 8. The summed E-state index contributed by atoms with van der Waals surface area (Å²) in [5.41, 5.74) is 2.32. The Hall–Kier alpha value is -3.80. The summed E-state index contributed by atoms with van der Waals surface area (Å²) in [6.07, 6.45) is -2.44. The summed E-state index contributed by atoms with van der Waals surface area (Å²) >= 11 is 6.54. The van der Waals surface area contributed by atoms with Crippen molar-refractivity contribution in [2.24, 2.45) is 7.05 Å². The number of benzene rings is 2. The number of hydrogen-bond acceptors (Lipinski definition) is 6. The SMILES string of the molecule is COc1cc(-c2nc(Cc3ccc4[nH]ncc4c3Cl)n(C)n2)ccc1OCC(=O)N[C@@H](C)C(F)(F)F. The van der Waals surface area contributed by atoms with E-state index < -0.39 is 24.7 Å². The summed E-state index contributed by atoms with van der Waals surface area (Å²) in [7, 11) is 3.18. The highest BCUT2D eigenvalue weighted by Gasteiger charge is 2.37. The van der Waals surface area contributed by atoms with Crippen LogP contribution >= 0.6 is 11.6 Å². The summed E-state index contributed by atoms with van der Waals surface area (Å²) in [6.45, 7) is 0.245. The summed E-state index contributed by atoms with van der Waals surface area (Å²) in [4.78, 5) is 16.4. The Labute approximate surface area is 208 Å². The lowest BCUT2D eigenvalue weighted by atomic mass is 10.1. The topological polar surface area (TPSA) is 107 Å². The van der Waals surface area contributed by atoms with E-state index in [4.69, 9.17) is 21.1 Å². The zero-order valence-corrected chi connectivity index (χ0v) is 20.2. The molecular formula is C23H22ClF3N6O3. The van der Waals surface area contributed by atoms with Gasteiger partial charge in [0.2, 0.25) is 0 Å². The van der Waals surface area contributed by atoms with Gasteiger partial charge in [0.1, 0.15) is 11.9 Å². The molecule has 0 aliphatic rings. The van der Waals surface area contributed by atoms with Crippen molar-refractivity contribution in [3.63, 3.8) is 0 Å². The number of amides is 1. The molecule has 2 aromatic carbocycles. The van der Waals surface area contributed by atoms with Crippen molar-refractivity contribution in [2.75, 3.05) is 13.7 Å². The number of nitrogens with one attached hydrogen (secondary N) is 2. The van der Waals surface area contributed by atoms with Crippen molar-refractivity contribution < 1.29 is 27.4 Å². The maximum atomic E-state index is 12.6. The molecule has 0 bridgehead atoms. The first-order chi connectivity index (χ1) is 17.1. The molecule has 13 heteroatoms. The molecule has 2 aromatic heterocycles. The van der Waals surface area contributed by atoms with E-state index >= 15 is 0 Å².